The Balaban J connectivity index is 2.66. The van der Waals surface area contributed by atoms with Crippen LogP contribution in [0, 0.1) is 0 Å². The summed E-state index contributed by atoms with van der Waals surface area (Å²) in [6, 6.07) is -0.678. The molecule has 86 valence electrons. The molecule has 0 bridgehead atoms. The smallest absolute Gasteiger partial charge is 0.246 e. The molecule has 1 rings (SSSR count). The van der Waals surface area contributed by atoms with Crippen LogP contribution in [0.3, 0.4) is 0 Å². The Morgan fingerprint density at radius 3 is 2.60 bits per heavy atom. The zero-order chi connectivity index (χ0) is 11.6. The highest BCUT2D eigenvalue weighted by molar-refractivity contribution is 7.90. The molecule has 1 fully saturated rings. The summed E-state index contributed by atoms with van der Waals surface area (Å²) in [4.78, 5) is 23.7. The van der Waals surface area contributed by atoms with Crippen LogP contribution >= 0.6 is 0 Å². The number of likely N-dealkylation sites (tertiary alicyclic amines) is 1. The summed E-state index contributed by atoms with van der Waals surface area (Å²) in [5.74, 6) is -1.03. The van der Waals surface area contributed by atoms with Gasteiger partial charge in [0.05, 0.1) is 11.8 Å². The third kappa shape index (κ3) is 3.28. The molecule has 1 heterocycles. The molecule has 0 spiro atoms. The number of hydrogen-bond donors (Lipinski definition) is 1. The van der Waals surface area contributed by atoms with Gasteiger partial charge in [-0.3, -0.25) is 14.5 Å². The second kappa shape index (κ2) is 4.28. The number of piperidine rings is 1. The van der Waals surface area contributed by atoms with Crippen LogP contribution in [-0.4, -0.2) is 49.7 Å². The zero-order valence-electron chi connectivity index (χ0n) is 8.47. The van der Waals surface area contributed by atoms with Gasteiger partial charge in [0.25, 0.3) is 0 Å². The molecule has 0 aromatic heterocycles. The molecule has 0 radical (unpaired) electrons. The van der Waals surface area contributed by atoms with Crippen molar-refractivity contribution in [3.05, 3.63) is 0 Å². The summed E-state index contributed by atoms with van der Waals surface area (Å²) in [7, 11) is -3.17. The van der Waals surface area contributed by atoms with Gasteiger partial charge in [0.2, 0.25) is 11.8 Å². The lowest BCUT2D eigenvalue weighted by molar-refractivity contribution is -0.148. The molecule has 1 aliphatic rings. The molecule has 1 saturated heterocycles. The molecule has 1 aliphatic heterocycles. The van der Waals surface area contributed by atoms with Crippen LogP contribution < -0.4 is 5.73 Å². The van der Waals surface area contributed by atoms with Crippen molar-refractivity contribution in [3.8, 4) is 0 Å². The van der Waals surface area contributed by atoms with E-state index in [1.165, 1.54) is 0 Å². The molecule has 15 heavy (non-hydrogen) atoms. The predicted molar refractivity (Wildman–Crippen MR) is 53.6 cm³/mol. The highest BCUT2D eigenvalue weighted by atomic mass is 32.2. The summed E-state index contributed by atoms with van der Waals surface area (Å²) in [6.07, 6.45) is 1.61. The van der Waals surface area contributed by atoms with E-state index in [0.29, 0.717) is 6.42 Å². The van der Waals surface area contributed by atoms with Gasteiger partial charge in [0.1, 0.15) is 9.84 Å². The monoisotopic (exact) mass is 234 g/mol. The Morgan fingerprint density at radius 2 is 2.07 bits per heavy atom. The van der Waals surface area contributed by atoms with Crippen LogP contribution in [0.25, 0.3) is 0 Å². The summed E-state index contributed by atoms with van der Waals surface area (Å²) in [6.45, 7) is -0.0931. The first-order valence-electron chi connectivity index (χ1n) is 4.59. The van der Waals surface area contributed by atoms with Crippen LogP contribution in [0.4, 0.5) is 0 Å². The van der Waals surface area contributed by atoms with Gasteiger partial charge >= 0.3 is 0 Å². The van der Waals surface area contributed by atoms with E-state index in [1.807, 2.05) is 0 Å². The van der Waals surface area contributed by atoms with Gasteiger partial charge in [-0.05, 0) is 6.42 Å². The van der Waals surface area contributed by atoms with Crippen molar-refractivity contribution in [2.75, 3.05) is 18.6 Å². The Hall–Kier alpha value is -0.950. The van der Waals surface area contributed by atoms with E-state index in [0.717, 1.165) is 11.2 Å². The SMILES string of the molecule is CS(=O)(=O)CCN1C(=O)CCC(N)C1=O. The van der Waals surface area contributed by atoms with Crippen molar-refractivity contribution < 1.29 is 18.0 Å². The van der Waals surface area contributed by atoms with E-state index >= 15 is 0 Å². The van der Waals surface area contributed by atoms with Gasteiger partial charge in [-0.2, -0.15) is 0 Å². The third-order valence-corrected chi connectivity index (χ3v) is 3.16. The number of nitrogens with zero attached hydrogens (tertiary/aromatic N) is 1. The second-order valence-corrected chi connectivity index (χ2v) is 5.92. The number of rotatable bonds is 3. The van der Waals surface area contributed by atoms with Gasteiger partial charge in [-0.15, -0.1) is 0 Å². The number of sulfone groups is 1. The molecule has 6 nitrogen and oxygen atoms in total. The van der Waals surface area contributed by atoms with Crippen molar-refractivity contribution in [2.45, 2.75) is 18.9 Å². The fraction of sp³-hybridized carbons (Fsp3) is 0.750. The lowest BCUT2D eigenvalue weighted by atomic mass is 10.1. The first-order chi connectivity index (χ1) is 6.81. The van der Waals surface area contributed by atoms with Gasteiger partial charge in [0.15, 0.2) is 0 Å². The quantitative estimate of drug-likeness (QED) is 0.600. The molecule has 0 aliphatic carbocycles. The largest absolute Gasteiger partial charge is 0.320 e. The minimum atomic E-state index is -3.17. The Morgan fingerprint density at radius 1 is 1.47 bits per heavy atom. The molecule has 1 unspecified atom stereocenters. The van der Waals surface area contributed by atoms with E-state index in [4.69, 9.17) is 5.73 Å². The maximum absolute atomic E-state index is 11.4. The van der Waals surface area contributed by atoms with Crippen molar-refractivity contribution in [2.24, 2.45) is 5.73 Å². The summed E-state index contributed by atoms with van der Waals surface area (Å²) < 4.78 is 21.8. The van der Waals surface area contributed by atoms with Crippen LogP contribution in [0.1, 0.15) is 12.8 Å². The van der Waals surface area contributed by atoms with Gasteiger partial charge in [-0.1, -0.05) is 0 Å². The van der Waals surface area contributed by atoms with Crippen molar-refractivity contribution in [1.29, 1.82) is 0 Å². The molecule has 2 N–H and O–H groups in total. The molecule has 7 heteroatoms. The Kier molecular flexibility index (Phi) is 3.46. The fourth-order valence-corrected chi connectivity index (χ4v) is 1.87. The Bertz CT molecular complexity index is 376. The predicted octanol–water partition coefficient (Wildman–Crippen LogP) is -1.49. The molecule has 0 aromatic rings. The average molecular weight is 234 g/mol. The molecule has 0 saturated carbocycles. The standard InChI is InChI=1S/C8H14N2O4S/c1-15(13,14)5-4-10-7(11)3-2-6(9)8(10)12/h6H,2-5,9H2,1H3. The number of imide groups is 1. The van der Waals surface area contributed by atoms with Crippen molar-refractivity contribution in [3.63, 3.8) is 0 Å². The highest BCUT2D eigenvalue weighted by Gasteiger charge is 2.32. The van der Waals surface area contributed by atoms with Crippen LogP contribution in [0.2, 0.25) is 0 Å². The van der Waals surface area contributed by atoms with Gasteiger partial charge in [0, 0.05) is 19.2 Å². The average Bonchev–Trinajstić information content (AvgIpc) is 2.10. The van der Waals surface area contributed by atoms with Crippen molar-refractivity contribution >= 4 is 21.7 Å². The molecular formula is C8H14N2O4S. The lowest BCUT2D eigenvalue weighted by Gasteiger charge is -2.28. The summed E-state index contributed by atoms with van der Waals surface area (Å²) in [5.41, 5.74) is 5.48. The Labute approximate surface area is 88.3 Å². The van der Waals surface area contributed by atoms with Gasteiger partial charge < -0.3 is 5.73 Å². The number of carbonyl (C=O) groups is 2. The number of hydrogen-bond acceptors (Lipinski definition) is 5. The van der Waals surface area contributed by atoms with Gasteiger partial charge in [-0.25, -0.2) is 8.42 Å². The van der Waals surface area contributed by atoms with Crippen LogP contribution in [-0.2, 0) is 19.4 Å². The molecule has 1 atom stereocenters. The van der Waals surface area contributed by atoms with Crippen LogP contribution in [0.15, 0.2) is 0 Å². The summed E-state index contributed by atoms with van der Waals surface area (Å²) >= 11 is 0. The number of nitrogens with two attached hydrogens (primary N) is 1. The maximum Gasteiger partial charge on any atom is 0.246 e. The second-order valence-electron chi connectivity index (χ2n) is 3.66. The summed E-state index contributed by atoms with van der Waals surface area (Å²) in [5, 5.41) is 0. The van der Waals surface area contributed by atoms with Crippen molar-refractivity contribution in [1.82, 2.24) is 4.90 Å². The maximum atomic E-state index is 11.4. The fourth-order valence-electron chi connectivity index (χ4n) is 1.35. The number of carbonyl (C=O) groups excluding carboxylic acids is 2. The lowest BCUT2D eigenvalue weighted by Crippen LogP contribution is -2.52. The van der Waals surface area contributed by atoms with E-state index in [2.05, 4.69) is 0 Å². The molecular weight excluding hydrogens is 220 g/mol. The highest BCUT2D eigenvalue weighted by Crippen LogP contribution is 2.11. The topological polar surface area (TPSA) is 97.5 Å². The van der Waals surface area contributed by atoms with E-state index in [1.54, 1.807) is 0 Å². The molecule has 0 aromatic carbocycles. The molecule has 2 amide bonds. The normalized spacial score (nSPS) is 23.3. The third-order valence-electron chi connectivity index (χ3n) is 2.24. The first kappa shape index (κ1) is 12.1. The van der Waals surface area contributed by atoms with E-state index < -0.39 is 21.8 Å². The van der Waals surface area contributed by atoms with E-state index in [9.17, 15) is 18.0 Å². The minimum absolute atomic E-state index is 0.0931. The zero-order valence-corrected chi connectivity index (χ0v) is 9.29. The van der Waals surface area contributed by atoms with E-state index in [-0.39, 0.29) is 24.6 Å². The minimum Gasteiger partial charge on any atom is -0.320 e. The van der Waals surface area contributed by atoms with Crippen LogP contribution in [0.5, 0.6) is 0 Å². The number of amides is 2. The first-order valence-corrected chi connectivity index (χ1v) is 6.65.